The molecule has 0 aliphatic carbocycles. The van der Waals surface area contributed by atoms with E-state index in [1.165, 1.54) is 0 Å². The molecule has 4 nitrogen and oxygen atoms in total. The van der Waals surface area contributed by atoms with E-state index in [0.29, 0.717) is 0 Å². The van der Waals surface area contributed by atoms with Crippen LogP contribution < -0.4 is 0 Å². The van der Waals surface area contributed by atoms with Gasteiger partial charge in [0, 0.05) is 0 Å². The van der Waals surface area contributed by atoms with Crippen LogP contribution in [0.4, 0.5) is 0 Å². The highest BCUT2D eigenvalue weighted by atomic mass is 32.1. The number of rotatable bonds is 2. The number of aliphatic hydroxyl groups is 4. The summed E-state index contributed by atoms with van der Waals surface area (Å²) >= 11 is 3.37. The quantitative estimate of drug-likeness (QED) is 0.233. The van der Waals surface area contributed by atoms with E-state index in [-0.39, 0.29) is 0 Å². The minimum absolute atomic E-state index is 0.587. The zero-order chi connectivity index (χ0) is 6.78. The fraction of sp³-hybridized carbons (Fsp3) is 1.00. The van der Waals surface area contributed by atoms with Crippen molar-refractivity contribution in [1.29, 1.82) is 0 Å². The number of hydrogen-bond donors (Lipinski definition) is 5. The average Bonchev–Trinajstić information content (AvgIpc) is 1.21. The zero-order valence-electron chi connectivity index (χ0n) is 4.02. The van der Waals surface area contributed by atoms with Gasteiger partial charge in [-0.2, -0.15) is 0 Å². The smallest absolute Gasteiger partial charge is 0.278 e. The Kier molecular flexibility index (Phi) is 2.72. The highest BCUT2D eigenvalue weighted by molar-refractivity contribution is 7.80. The van der Waals surface area contributed by atoms with Crippen molar-refractivity contribution in [2.24, 2.45) is 0 Å². The topological polar surface area (TPSA) is 80.9 Å². The van der Waals surface area contributed by atoms with Crippen molar-refractivity contribution in [3.63, 3.8) is 0 Å². The molecule has 0 rings (SSSR count). The Labute approximate surface area is 51.8 Å². The van der Waals surface area contributed by atoms with Crippen molar-refractivity contribution in [2.75, 3.05) is 0 Å². The van der Waals surface area contributed by atoms with Crippen LogP contribution in [0.3, 0.4) is 0 Å². The fourth-order valence-corrected chi connectivity index (χ4v) is 0.490. The maximum Gasteiger partial charge on any atom is 0.278 e. The first-order valence-electron chi connectivity index (χ1n) is 1.95. The lowest BCUT2D eigenvalue weighted by Gasteiger charge is -2.14. The molecule has 0 fully saturated rings. The Morgan fingerprint density at radius 3 is 1.75 bits per heavy atom. The van der Waals surface area contributed by atoms with E-state index in [4.69, 9.17) is 20.4 Å². The molecule has 0 aromatic carbocycles. The normalized spacial score (nSPS) is 16.1. The van der Waals surface area contributed by atoms with E-state index in [2.05, 4.69) is 12.6 Å². The van der Waals surface area contributed by atoms with Gasteiger partial charge >= 0.3 is 0 Å². The lowest BCUT2D eigenvalue weighted by Crippen LogP contribution is -2.30. The largest absolute Gasteiger partial charge is 0.382 e. The van der Waals surface area contributed by atoms with Crippen LogP contribution in [-0.2, 0) is 0 Å². The van der Waals surface area contributed by atoms with Crippen LogP contribution in [0.5, 0.6) is 0 Å². The van der Waals surface area contributed by atoms with Gasteiger partial charge in [-0.25, -0.2) is 0 Å². The first-order chi connectivity index (χ1) is 3.42. The van der Waals surface area contributed by atoms with Gasteiger partial charge in [0.2, 0.25) is 0 Å². The molecule has 0 heterocycles. The molecule has 0 saturated carbocycles. The first-order valence-corrected chi connectivity index (χ1v) is 2.47. The van der Waals surface area contributed by atoms with Gasteiger partial charge in [-0.3, -0.25) is 0 Å². The van der Waals surface area contributed by atoms with Gasteiger partial charge in [0.15, 0.2) is 0 Å². The van der Waals surface area contributed by atoms with E-state index >= 15 is 0 Å². The molecule has 1 unspecified atom stereocenters. The van der Waals surface area contributed by atoms with Gasteiger partial charge in [0.05, 0.1) is 6.42 Å². The maximum atomic E-state index is 8.27. The van der Waals surface area contributed by atoms with Crippen molar-refractivity contribution in [3.8, 4) is 0 Å². The summed E-state index contributed by atoms with van der Waals surface area (Å²) in [6, 6.07) is 0. The van der Waals surface area contributed by atoms with Gasteiger partial charge in [-0.15, -0.1) is 12.6 Å². The van der Waals surface area contributed by atoms with Crippen LogP contribution in [-0.4, -0.2) is 31.8 Å². The third-order valence-corrected chi connectivity index (χ3v) is 0.639. The predicted octanol–water partition coefficient (Wildman–Crippen LogP) is -1.74. The Morgan fingerprint density at radius 1 is 1.38 bits per heavy atom. The van der Waals surface area contributed by atoms with Gasteiger partial charge in [0.25, 0.3) is 5.97 Å². The van der Waals surface area contributed by atoms with Crippen LogP contribution >= 0.6 is 12.6 Å². The Balaban J connectivity index is 3.39. The lowest BCUT2D eigenvalue weighted by molar-refractivity contribution is -0.318. The van der Waals surface area contributed by atoms with E-state index in [0.717, 1.165) is 0 Å². The average molecular weight is 140 g/mol. The van der Waals surface area contributed by atoms with Gasteiger partial charge in [-0.05, 0) is 0 Å². The molecule has 50 valence electrons. The summed E-state index contributed by atoms with van der Waals surface area (Å²) in [4.78, 5) is 0. The summed E-state index contributed by atoms with van der Waals surface area (Å²) in [5, 5.41) is 32.5. The summed E-state index contributed by atoms with van der Waals surface area (Å²) in [6.45, 7) is 0. The van der Waals surface area contributed by atoms with Crippen molar-refractivity contribution in [2.45, 2.75) is 17.8 Å². The molecule has 8 heavy (non-hydrogen) atoms. The highest BCUT2D eigenvalue weighted by Gasteiger charge is 2.20. The Hall–Kier alpha value is 0.190. The molecule has 0 amide bonds. The molecule has 0 aromatic rings. The number of hydrogen-bond acceptors (Lipinski definition) is 5. The molecule has 0 radical (unpaired) electrons. The van der Waals surface area contributed by atoms with Gasteiger partial charge in [0.1, 0.15) is 5.44 Å². The van der Waals surface area contributed by atoms with Crippen LogP contribution in [0, 0.1) is 0 Å². The van der Waals surface area contributed by atoms with E-state index < -0.39 is 17.8 Å². The van der Waals surface area contributed by atoms with Gasteiger partial charge < -0.3 is 20.4 Å². The molecule has 0 bridgehead atoms. The van der Waals surface area contributed by atoms with Crippen molar-refractivity contribution in [1.82, 2.24) is 0 Å². The highest BCUT2D eigenvalue weighted by Crippen LogP contribution is 2.06. The maximum absolute atomic E-state index is 8.27. The van der Waals surface area contributed by atoms with Crippen LogP contribution in [0.25, 0.3) is 0 Å². The summed E-state index contributed by atoms with van der Waals surface area (Å²) in [5.74, 6) is -2.80. The second-order valence-electron chi connectivity index (χ2n) is 1.46. The third-order valence-electron chi connectivity index (χ3n) is 0.456. The molecule has 0 aromatic heterocycles. The molecule has 5 heteroatoms. The minimum Gasteiger partial charge on any atom is -0.382 e. The summed E-state index contributed by atoms with van der Waals surface area (Å²) in [6.07, 6.45) is -0.587. The summed E-state index contributed by atoms with van der Waals surface area (Å²) < 4.78 is 0. The zero-order valence-corrected chi connectivity index (χ0v) is 4.91. The Bertz CT molecular complexity index is 66.2. The summed E-state index contributed by atoms with van der Waals surface area (Å²) in [5.41, 5.74) is -1.21. The van der Waals surface area contributed by atoms with E-state index in [1.54, 1.807) is 0 Å². The van der Waals surface area contributed by atoms with Crippen LogP contribution in [0.2, 0.25) is 0 Å². The molecule has 1 atom stereocenters. The second kappa shape index (κ2) is 2.65. The molecule has 4 N–H and O–H groups in total. The van der Waals surface area contributed by atoms with Crippen molar-refractivity contribution >= 4 is 12.6 Å². The molecular formula is C3H8O4S. The monoisotopic (exact) mass is 140 g/mol. The van der Waals surface area contributed by atoms with Crippen molar-refractivity contribution in [3.05, 3.63) is 0 Å². The minimum atomic E-state index is -2.80. The van der Waals surface area contributed by atoms with Crippen LogP contribution in [0.1, 0.15) is 6.42 Å². The Morgan fingerprint density at radius 2 is 1.75 bits per heavy atom. The molecule has 0 spiro atoms. The fourth-order valence-electron chi connectivity index (χ4n) is 0.245. The SMILES string of the molecule is OC(S)CC(O)(O)O. The second-order valence-corrected chi connectivity index (χ2v) is 2.06. The van der Waals surface area contributed by atoms with E-state index in [9.17, 15) is 0 Å². The third kappa shape index (κ3) is 6.19. The summed E-state index contributed by atoms with van der Waals surface area (Å²) in [7, 11) is 0. The number of thiol groups is 1. The predicted molar refractivity (Wildman–Crippen MR) is 29.0 cm³/mol. The number of aliphatic hydroxyl groups excluding tert-OH is 1. The van der Waals surface area contributed by atoms with E-state index in [1.807, 2.05) is 0 Å². The molecule has 0 aliphatic heterocycles. The molecular weight excluding hydrogens is 132 g/mol. The lowest BCUT2D eigenvalue weighted by atomic mass is 10.4. The standard InChI is InChI=1S/C3H8O4S/c4-2(8)1-3(5,6)7/h2,4-8H,1H2. The molecule has 0 aliphatic rings. The first kappa shape index (κ1) is 8.19. The van der Waals surface area contributed by atoms with Gasteiger partial charge in [-0.1, -0.05) is 0 Å². The molecule has 0 saturated heterocycles. The van der Waals surface area contributed by atoms with Crippen LogP contribution in [0.15, 0.2) is 0 Å². The van der Waals surface area contributed by atoms with Crippen molar-refractivity contribution < 1.29 is 20.4 Å².